The Morgan fingerprint density at radius 3 is 2.02 bits per heavy atom. The van der Waals surface area contributed by atoms with E-state index in [1.807, 2.05) is 36.4 Å². The van der Waals surface area contributed by atoms with Crippen molar-refractivity contribution in [2.75, 3.05) is 4.90 Å². The monoisotopic (exact) mass is 604 g/mol. The fraction of sp³-hybridized carbons (Fsp3) is 0. The molecule has 5 nitrogen and oxygen atoms in total. The van der Waals surface area contributed by atoms with Crippen LogP contribution in [0.5, 0.6) is 23.0 Å². The van der Waals surface area contributed by atoms with Crippen LogP contribution < -0.4 is 14.4 Å². The van der Waals surface area contributed by atoms with Gasteiger partial charge < -0.3 is 18.8 Å². The molecule has 2 aliphatic rings. The maximum atomic E-state index is 6.58. The zero-order valence-corrected chi connectivity index (χ0v) is 25.0. The Balaban J connectivity index is 1.24. The summed E-state index contributed by atoms with van der Waals surface area (Å²) in [6.45, 7) is 0. The number of ether oxygens (including phenoxy) is 2. The van der Waals surface area contributed by atoms with Gasteiger partial charge in [0.15, 0.2) is 23.0 Å². The Bertz CT molecular complexity index is 2740. The van der Waals surface area contributed by atoms with E-state index >= 15 is 0 Å². The summed E-state index contributed by atoms with van der Waals surface area (Å²) < 4.78 is 21.6. The summed E-state index contributed by atoms with van der Waals surface area (Å²) in [4.78, 5) is 2.36. The second-order valence-corrected chi connectivity index (χ2v) is 12.1. The molecule has 0 bridgehead atoms. The van der Waals surface area contributed by atoms with E-state index in [0.717, 1.165) is 95.1 Å². The van der Waals surface area contributed by atoms with E-state index < -0.39 is 0 Å². The molecule has 47 heavy (non-hydrogen) atoms. The van der Waals surface area contributed by atoms with Crippen molar-refractivity contribution in [3.8, 4) is 39.8 Å². The van der Waals surface area contributed by atoms with Crippen molar-refractivity contribution in [1.29, 1.82) is 0 Å². The average molecular weight is 605 g/mol. The molecule has 0 saturated carbocycles. The van der Waals surface area contributed by atoms with Crippen LogP contribution in [-0.4, -0.2) is 4.57 Å². The number of rotatable bonds is 4. The van der Waals surface area contributed by atoms with Crippen LogP contribution in [0.1, 0.15) is 0 Å². The fourth-order valence-electron chi connectivity index (χ4n) is 7.55. The highest BCUT2D eigenvalue weighted by Crippen LogP contribution is 2.56. The summed E-state index contributed by atoms with van der Waals surface area (Å²) in [6, 6.07) is 50.6. The first-order valence-electron chi connectivity index (χ1n) is 15.8. The molecule has 0 atom stereocenters. The van der Waals surface area contributed by atoms with E-state index in [4.69, 9.17) is 13.9 Å². The van der Waals surface area contributed by atoms with Crippen LogP contribution in [0.2, 0.25) is 0 Å². The molecule has 9 aromatic rings. The number of hydrogen-bond donors (Lipinski definition) is 0. The lowest BCUT2D eigenvalue weighted by Gasteiger charge is -2.29. The predicted molar refractivity (Wildman–Crippen MR) is 188 cm³/mol. The lowest BCUT2D eigenvalue weighted by atomic mass is 10.0. The van der Waals surface area contributed by atoms with Gasteiger partial charge in [0.1, 0.15) is 16.9 Å². The van der Waals surface area contributed by atoms with E-state index in [2.05, 4.69) is 119 Å². The van der Waals surface area contributed by atoms with Gasteiger partial charge in [-0.3, -0.25) is 4.57 Å². The Hall–Kier alpha value is -6.46. The fourth-order valence-corrected chi connectivity index (χ4v) is 7.55. The summed E-state index contributed by atoms with van der Waals surface area (Å²) in [6.07, 6.45) is 0. The molecule has 4 heterocycles. The Kier molecular flexibility index (Phi) is 4.78. The molecular weight excluding hydrogens is 580 g/mol. The van der Waals surface area contributed by atoms with E-state index in [-0.39, 0.29) is 0 Å². The van der Waals surface area contributed by atoms with E-state index in [9.17, 15) is 0 Å². The maximum Gasteiger partial charge on any atom is 0.155 e. The third kappa shape index (κ3) is 3.37. The Morgan fingerprint density at radius 2 is 1.13 bits per heavy atom. The largest absolute Gasteiger partial charge is 0.456 e. The zero-order valence-electron chi connectivity index (χ0n) is 25.0. The van der Waals surface area contributed by atoms with Crippen LogP contribution in [0.3, 0.4) is 0 Å². The van der Waals surface area contributed by atoms with Crippen LogP contribution in [0.4, 0.5) is 17.1 Å². The van der Waals surface area contributed by atoms with Crippen molar-refractivity contribution in [2.24, 2.45) is 0 Å². The number of anilines is 3. The third-order valence-corrected chi connectivity index (χ3v) is 9.53. The molecule has 0 amide bonds. The SMILES string of the molecule is c1ccc(-c2cccc(N(c3ccc4oc5ccccc5c4c3)c3ccc4c5c3c3cccc6c3n5-c3c(cccc3O4)O6)c2)cc1. The minimum atomic E-state index is 0.792. The molecule has 2 aromatic heterocycles. The molecule has 0 radical (unpaired) electrons. The van der Waals surface area contributed by atoms with Gasteiger partial charge in [0, 0.05) is 32.9 Å². The van der Waals surface area contributed by atoms with Gasteiger partial charge in [0.05, 0.1) is 16.7 Å². The number of aromatic nitrogens is 1. The Morgan fingerprint density at radius 1 is 0.447 bits per heavy atom. The number of furan rings is 1. The summed E-state index contributed by atoms with van der Waals surface area (Å²) in [5, 5.41) is 4.39. The first-order chi connectivity index (χ1) is 23.3. The molecule has 2 aliphatic heterocycles. The zero-order chi connectivity index (χ0) is 30.6. The standard InChI is InChI=1S/C42H24N2O3/c1-2-9-25(10-3-1)26-11-6-12-27(23-26)43(28-19-21-34-31(24-28)29-13-4-5-15-33(29)45-34)32-20-22-38-42-39(32)30-14-7-16-35-40(30)44(42)41-36(46-35)17-8-18-37(41)47-38/h1-24H. The minimum Gasteiger partial charge on any atom is -0.456 e. The number of benzene rings is 7. The van der Waals surface area contributed by atoms with Crippen LogP contribution in [0.25, 0.3) is 60.6 Å². The highest BCUT2D eigenvalue weighted by molar-refractivity contribution is 6.21. The normalized spacial score (nSPS) is 12.6. The second-order valence-electron chi connectivity index (χ2n) is 12.1. The van der Waals surface area contributed by atoms with Gasteiger partial charge in [-0.25, -0.2) is 0 Å². The van der Waals surface area contributed by atoms with Crippen molar-refractivity contribution in [1.82, 2.24) is 4.57 Å². The van der Waals surface area contributed by atoms with Crippen LogP contribution in [-0.2, 0) is 0 Å². The molecule has 5 heteroatoms. The van der Waals surface area contributed by atoms with Crippen molar-refractivity contribution < 1.29 is 13.9 Å². The topological polar surface area (TPSA) is 39.8 Å². The van der Waals surface area contributed by atoms with Crippen LogP contribution in [0, 0.1) is 0 Å². The second kappa shape index (κ2) is 9.05. The molecule has 0 fully saturated rings. The smallest absolute Gasteiger partial charge is 0.155 e. The van der Waals surface area contributed by atoms with E-state index in [1.165, 1.54) is 5.56 Å². The maximum absolute atomic E-state index is 6.58. The first kappa shape index (κ1) is 24.8. The molecular formula is C42H24N2O3. The average Bonchev–Trinajstić information content (AvgIpc) is 3.68. The molecule has 0 spiro atoms. The van der Waals surface area contributed by atoms with Crippen molar-refractivity contribution in [2.45, 2.75) is 0 Å². The summed E-state index contributed by atoms with van der Waals surface area (Å²) in [5.41, 5.74) is 10.2. The summed E-state index contributed by atoms with van der Waals surface area (Å²) >= 11 is 0. The van der Waals surface area contributed by atoms with Crippen LogP contribution >= 0.6 is 0 Å². The van der Waals surface area contributed by atoms with Gasteiger partial charge in [-0.1, -0.05) is 78.9 Å². The summed E-state index contributed by atoms with van der Waals surface area (Å²) in [5.74, 6) is 3.25. The Labute approximate surface area is 269 Å². The summed E-state index contributed by atoms with van der Waals surface area (Å²) in [7, 11) is 0. The molecule has 11 rings (SSSR count). The number of nitrogens with zero attached hydrogens (tertiary/aromatic N) is 2. The van der Waals surface area contributed by atoms with Crippen molar-refractivity contribution in [3.05, 3.63) is 146 Å². The van der Waals surface area contributed by atoms with Crippen LogP contribution in [0.15, 0.2) is 150 Å². The molecule has 7 aromatic carbocycles. The molecule has 0 aliphatic carbocycles. The number of hydrogen-bond acceptors (Lipinski definition) is 4. The molecule has 0 saturated heterocycles. The lowest BCUT2D eigenvalue weighted by molar-refractivity contribution is 0.444. The highest BCUT2D eigenvalue weighted by Gasteiger charge is 2.33. The quantitative estimate of drug-likeness (QED) is 0.200. The predicted octanol–water partition coefficient (Wildman–Crippen LogP) is 12.0. The van der Waals surface area contributed by atoms with Crippen molar-refractivity contribution >= 4 is 60.8 Å². The van der Waals surface area contributed by atoms with Gasteiger partial charge in [0.25, 0.3) is 0 Å². The van der Waals surface area contributed by atoms with Crippen molar-refractivity contribution in [3.63, 3.8) is 0 Å². The van der Waals surface area contributed by atoms with Gasteiger partial charge in [-0.15, -0.1) is 0 Å². The highest BCUT2D eigenvalue weighted by atomic mass is 16.5. The van der Waals surface area contributed by atoms with Gasteiger partial charge in [-0.2, -0.15) is 0 Å². The molecule has 0 unspecified atom stereocenters. The minimum absolute atomic E-state index is 0.792. The molecule has 0 N–H and O–H groups in total. The van der Waals surface area contributed by atoms with Gasteiger partial charge in [-0.05, 0) is 77.9 Å². The first-order valence-corrected chi connectivity index (χ1v) is 15.8. The lowest BCUT2D eigenvalue weighted by Crippen LogP contribution is -2.12. The van der Waals surface area contributed by atoms with E-state index in [0.29, 0.717) is 0 Å². The van der Waals surface area contributed by atoms with E-state index in [1.54, 1.807) is 0 Å². The van der Waals surface area contributed by atoms with Gasteiger partial charge in [0.2, 0.25) is 0 Å². The van der Waals surface area contributed by atoms with Gasteiger partial charge >= 0.3 is 0 Å². The number of fused-ring (bicyclic) bond motifs is 4. The molecule has 220 valence electrons. The number of para-hydroxylation sites is 3. The third-order valence-electron chi connectivity index (χ3n) is 9.53.